The molecule has 5 heteroatoms. The molecule has 0 spiro atoms. The Morgan fingerprint density at radius 3 is 2.04 bits per heavy atom. The maximum absolute atomic E-state index is 6.38. The number of hydrogen-bond donors (Lipinski definition) is 0. The van der Waals surface area contributed by atoms with Gasteiger partial charge in [-0.15, -0.1) is 11.3 Å². The molecular weight excluding hydrogens is 643 g/mol. The zero-order valence-electron chi connectivity index (χ0n) is 27.1. The van der Waals surface area contributed by atoms with Crippen LogP contribution >= 0.6 is 11.3 Å². The van der Waals surface area contributed by atoms with Gasteiger partial charge in [0.2, 0.25) is 5.71 Å². The molecule has 12 rings (SSSR count). The fraction of sp³-hybridized carbons (Fsp3) is 0. The number of fused-ring (bicyclic) bond motifs is 16. The molecule has 0 aliphatic heterocycles. The van der Waals surface area contributed by atoms with Crippen molar-refractivity contribution in [3.8, 4) is 17.1 Å². The van der Waals surface area contributed by atoms with Crippen LogP contribution in [-0.2, 0) is 0 Å². The molecule has 12 aromatic rings. The Hall–Kier alpha value is -6.56. The Bertz CT molecular complexity index is 3440. The van der Waals surface area contributed by atoms with Gasteiger partial charge in [0.25, 0.3) is 0 Å². The third kappa shape index (κ3) is 3.68. The minimum absolute atomic E-state index is 0.535. The Morgan fingerprint density at radius 2 is 1.18 bits per heavy atom. The van der Waals surface area contributed by atoms with Crippen molar-refractivity contribution in [3.05, 3.63) is 152 Å². The molecule has 4 nitrogen and oxygen atoms in total. The zero-order chi connectivity index (χ0) is 33.2. The van der Waals surface area contributed by atoms with Gasteiger partial charge in [0.1, 0.15) is 16.8 Å². The van der Waals surface area contributed by atoms with Crippen molar-refractivity contribution in [1.82, 2.24) is 14.5 Å². The number of nitrogens with zero attached hydrogens (tertiary/aromatic N) is 3. The Morgan fingerprint density at radius 1 is 0.510 bits per heavy atom. The van der Waals surface area contributed by atoms with Gasteiger partial charge in [0.15, 0.2) is 5.82 Å². The van der Waals surface area contributed by atoms with Crippen LogP contribution in [-0.4, -0.2) is 14.5 Å². The number of thiophene rings is 1. The number of furan rings is 1. The second kappa shape index (κ2) is 10.0. The highest BCUT2D eigenvalue weighted by atomic mass is 32.1. The Balaban J connectivity index is 1.33. The molecule has 0 fully saturated rings. The molecule has 0 N–H and O–H groups in total. The lowest BCUT2D eigenvalue weighted by Gasteiger charge is -2.14. The summed E-state index contributed by atoms with van der Waals surface area (Å²) in [5.74, 6) is 0.787. The zero-order valence-corrected chi connectivity index (χ0v) is 27.9. The van der Waals surface area contributed by atoms with Crippen molar-refractivity contribution in [2.45, 2.75) is 0 Å². The molecule has 236 valence electrons. The summed E-state index contributed by atoms with van der Waals surface area (Å²) < 4.78 is 11.3. The van der Waals surface area contributed by atoms with Gasteiger partial charge in [-0.05, 0) is 62.6 Å². The Labute approximate surface area is 294 Å². The highest BCUT2D eigenvalue weighted by molar-refractivity contribution is 7.27. The van der Waals surface area contributed by atoms with Crippen molar-refractivity contribution in [2.75, 3.05) is 0 Å². The van der Waals surface area contributed by atoms with E-state index in [0.717, 1.165) is 50.0 Å². The quantitative estimate of drug-likeness (QED) is 0.184. The molecule has 0 aliphatic carbocycles. The van der Waals surface area contributed by atoms with E-state index in [4.69, 9.17) is 14.4 Å². The van der Waals surface area contributed by atoms with Crippen LogP contribution in [0.2, 0.25) is 0 Å². The van der Waals surface area contributed by atoms with Crippen LogP contribution in [0.15, 0.2) is 156 Å². The molecule has 0 bridgehead atoms. The van der Waals surface area contributed by atoms with Crippen LogP contribution in [0.3, 0.4) is 0 Å². The van der Waals surface area contributed by atoms with Crippen LogP contribution in [0.25, 0.3) is 114 Å². The lowest BCUT2D eigenvalue weighted by Crippen LogP contribution is -2.03. The normalized spacial score (nSPS) is 12.3. The molecule has 0 radical (unpaired) electrons. The fourth-order valence-electron chi connectivity index (χ4n) is 8.36. The highest BCUT2D eigenvalue weighted by Crippen LogP contribution is 2.50. The van der Waals surface area contributed by atoms with Crippen molar-refractivity contribution >= 4 is 108 Å². The molecular formula is C46H25N3OS. The second-order valence-electron chi connectivity index (χ2n) is 13.3. The second-order valence-corrected chi connectivity index (χ2v) is 14.3. The summed E-state index contributed by atoms with van der Waals surface area (Å²) in [5.41, 5.74) is 6.09. The first-order chi connectivity index (χ1) is 25.3. The maximum Gasteiger partial charge on any atom is 0.247 e. The van der Waals surface area contributed by atoms with Gasteiger partial charge in [-0.25, -0.2) is 9.97 Å². The summed E-state index contributed by atoms with van der Waals surface area (Å²) in [5, 5.41) is 13.3. The van der Waals surface area contributed by atoms with Gasteiger partial charge in [0.05, 0.1) is 15.7 Å². The summed E-state index contributed by atoms with van der Waals surface area (Å²) in [4.78, 5) is 10.9. The van der Waals surface area contributed by atoms with E-state index in [0.29, 0.717) is 5.71 Å². The Kier molecular flexibility index (Phi) is 5.35. The number of rotatable bonds is 2. The van der Waals surface area contributed by atoms with E-state index < -0.39 is 0 Å². The van der Waals surface area contributed by atoms with E-state index in [2.05, 4.69) is 138 Å². The molecule has 0 unspecified atom stereocenters. The first-order valence-electron chi connectivity index (χ1n) is 17.2. The molecule has 51 heavy (non-hydrogen) atoms. The number of benzene rings is 8. The predicted octanol–water partition coefficient (Wildman–Crippen LogP) is 13.0. The standard InChI is InChI=1S/C46H25N3OS/c1-2-13-28-25-29(22-21-26(28)11-1)41-45(47-42-34-18-8-10-20-36(34)50-46(42)48-41)49-35-19-9-7-17-33(35)38-31-15-5-6-16-32(31)40-39-30-14-4-3-12-27(30)23-24-37(39)51-44(40)43(38)49/h1-25H. The molecule has 0 amide bonds. The van der Waals surface area contributed by atoms with Crippen molar-refractivity contribution in [2.24, 2.45) is 0 Å². The summed E-state index contributed by atoms with van der Waals surface area (Å²) in [6.45, 7) is 0. The SMILES string of the molecule is c1ccc2cc(-c3nc4oc5ccccc5c4nc3-n3c4ccccc4c4c5ccccc5c5c(sc6ccc7ccccc7c65)c43)ccc2c1. The lowest BCUT2D eigenvalue weighted by molar-refractivity contribution is 0.653. The van der Waals surface area contributed by atoms with Crippen LogP contribution in [0.5, 0.6) is 0 Å². The fourth-order valence-corrected chi connectivity index (χ4v) is 9.63. The average Bonchev–Trinajstić information content (AvgIpc) is 3.87. The maximum atomic E-state index is 6.38. The summed E-state index contributed by atoms with van der Waals surface area (Å²) >= 11 is 1.87. The van der Waals surface area contributed by atoms with Gasteiger partial charge >= 0.3 is 0 Å². The number of para-hydroxylation sites is 2. The lowest BCUT2D eigenvalue weighted by atomic mass is 9.96. The third-order valence-electron chi connectivity index (χ3n) is 10.6. The van der Waals surface area contributed by atoms with Crippen molar-refractivity contribution < 1.29 is 4.42 Å². The van der Waals surface area contributed by atoms with E-state index in [1.165, 1.54) is 57.9 Å². The van der Waals surface area contributed by atoms with Gasteiger partial charge in [-0.3, -0.25) is 4.57 Å². The molecule has 0 atom stereocenters. The molecule has 0 saturated heterocycles. The van der Waals surface area contributed by atoms with Gasteiger partial charge < -0.3 is 4.42 Å². The summed E-state index contributed by atoms with van der Waals surface area (Å²) in [7, 11) is 0. The van der Waals surface area contributed by atoms with E-state index in [1.54, 1.807) is 0 Å². The van der Waals surface area contributed by atoms with Crippen molar-refractivity contribution in [3.63, 3.8) is 0 Å². The molecule has 8 aromatic carbocycles. The molecule has 0 saturated carbocycles. The van der Waals surface area contributed by atoms with E-state index in [-0.39, 0.29) is 0 Å². The molecule has 4 aromatic heterocycles. The highest BCUT2D eigenvalue weighted by Gasteiger charge is 2.26. The van der Waals surface area contributed by atoms with Gasteiger partial charge in [0, 0.05) is 37.2 Å². The monoisotopic (exact) mass is 667 g/mol. The first-order valence-corrected chi connectivity index (χ1v) is 18.0. The smallest absolute Gasteiger partial charge is 0.247 e. The minimum Gasteiger partial charge on any atom is -0.436 e. The van der Waals surface area contributed by atoms with E-state index >= 15 is 0 Å². The number of aromatic nitrogens is 3. The topological polar surface area (TPSA) is 43.9 Å². The minimum atomic E-state index is 0.535. The average molecular weight is 668 g/mol. The molecule has 0 aliphatic rings. The number of hydrogen-bond acceptors (Lipinski definition) is 4. The largest absolute Gasteiger partial charge is 0.436 e. The van der Waals surface area contributed by atoms with Crippen molar-refractivity contribution in [1.29, 1.82) is 0 Å². The first kappa shape index (κ1) is 27.3. The summed E-state index contributed by atoms with van der Waals surface area (Å²) in [6, 6.07) is 54.1. The van der Waals surface area contributed by atoms with Crippen LogP contribution < -0.4 is 0 Å². The third-order valence-corrected chi connectivity index (χ3v) is 11.7. The predicted molar refractivity (Wildman–Crippen MR) is 214 cm³/mol. The van der Waals surface area contributed by atoms with Crippen LogP contribution in [0.1, 0.15) is 0 Å². The van der Waals surface area contributed by atoms with Gasteiger partial charge in [-0.1, -0.05) is 121 Å². The van der Waals surface area contributed by atoms with E-state index in [9.17, 15) is 0 Å². The van der Waals surface area contributed by atoms with E-state index in [1.807, 2.05) is 29.5 Å². The summed E-state index contributed by atoms with van der Waals surface area (Å²) in [6.07, 6.45) is 0. The van der Waals surface area contributed by atoms with Crippen LogP contribution in [0.4, 0.5) is 0 Å². The van der Waals surface area contributed by atoms with Gasteiger partial charge in [-0.2, -0.15) is 0 Å². The molecule has 4 heterocycles. The van der Waals surface area contributed by atoms with Crippen LogP contribution in [0, 0.1) is 0 Å².